The van der Waals surface area contributed by atoms with Crippen LogP contribution in [0.5, 0.6) is 5.75 Å². The second-order valence-corrected chi connectivity index (χ2v) is 6.88. The maximum Gasteiger partial charge on any atom is 0.313 e. The molecule has 0 unspecified atom stereocenters. The van der Waals surface area contributed by atoms with Crippen LogP contribution in [0.4, 0.5) is 0 Å². The highest BCUT2D eigenvalue weighted by atomic mass is 16.5. The average Bonchev–Trinajstić information content (AvgIpc) is 3.14. The molecule has 0 aliphatic heterocycles. The first-order valence-electron chi connectivity index (χ1n) is 10.1. The minimum absolute atomic E-state index is 0.0984. The second kappa shape index (κ2) is 10.1. The Bertz CT molecular complexity index is 1000. The summed E-state index contributed by atoms with van der Waals surface area (Å²) in [6.45, 7) is 7.66. The van der Waals surface area contributed by atoms with Gasteiger partial charge in [-0.3, -0.25) is 9.59 Å². The number of rotatable bonds is 10. The lowest BCUT2D eigenvalue weighted by molar-refractivity contribution is -0.140. The summed E-state index contributed by atoms with van der Waals surface area (Å²) in [6.07, 6.45) is -0.0984. The Morgan fingerprint density at radius 3 is 2.37 bits per heavy atom. The second-order valence-electron chi connectivity index (χ2n) is 6.88. The predicted molar refractivity (Wildman–Crippen MR) is 115 cm³/mol. The van der Waals surface area contributed by atoms with Crippen LogP contribution in [0.15, 0.2) is 52.9 Å². The molecule has 3 rings (SSSR count). The van der Waals surface area contributed by atoms with Crippen LogP contribution >= 0.6 is 0 Å². The molecule has 0 radical (unpaired) electrons. The number of carbonyl (C=O) groups is 2. The Morgan fingerprint density at radius 2 is 1.70 bits per heavy atom. The van der Waals surface area contributed by atoms with E-state index in [0.29, 0.717) is 40.2 Å². The van der Waals surface area contributed by atoms with Gasteiger partial charge in [-0.1, -0.05) is 32.0 Å². The molecule has 1 heterocycles. The molecule has 0 saturated carbocycles. The normalized spacial score (nSPS) is 11.1. The van der Waals surface area contributed by atoms with Gasteiger partial charge in [0.15, 0.2) is 5.78 Å². The molecule has 0 aliphatic rings. The third-order valence-electron chi connectivity index (χ3n) is 5.12. The SMILES string of the molecule is CCN(CC)CCOc1ccc(C(=O)c2c(CC(=O)OC)oc3ccccc23)cc1. The molecule has 3 aromatic rings. The van der Waals surface area contributed by atoms with Crippen molar-refractivity contribution in [1.29, 1.82) is 0 Å². The van der Waals surface area contributed by atoms with E-state index in [4.69, 9.17) is 13.9 Å². The van der Waals surface area contributed by atoms with Crippen molar-refractivity contribution in [3.05, 3.63) is 65.4 Å². The molecule has 6 heteroatoms. The zero-order valence-electron chi connectivity index (χ0n) is 17.6. The van der Waals surface area contributed by atoms with Crippen molar-refractivity contribution in [2.45, 2.75) is 20.3 Å². The average molecular weight is 409 g/mol. The van der Waals surface area contributed by atoms with Crippen molar-refractivity contribution in [2.75, 3.05) is 33.4 Å². The number of hydrogen-bond acceptors (Lipinski definition) is 6. The quantitative estimate of drug-likeness (QED) is 0.371. The Labute approximate surface area is 176 Å². The number of para-hydroxylation sites is 1. The Balaban J connectivity index is 1.80. The zero-order chi connectivity index (χ0) is 21.5. The molecule has 0 atom stereocenters. The van der Waals surface area contributed by atoms with Crippen LogP contribution in [-0.4, -0.2) is 50.0 Å². The molecule has 0 amide bonds. The van der Waals surface area contributed by atoms with Crippen molar-refractivity contribution in [2.24, 2.45) is 0 Å². The number of furan rings is 1. The van der Waals surface area contributed by atoms with E-state index in [9.17, 15) is 9.59 Å². The van der Waals surface area contributed by atoms with Gasteiger partial charge in [-0.05, 0) is 43.4 Å². The monoisotopic (exact) mass is 409 g/mol. The first-order valence-corrected chi connectivity index (χ1v) is 10.1. The lowest BCUT2D eigenvalue weighted by atomic mass is 9.99. The maximum absolute atomic E-state index is 13.2. The first kappa shape index (κ1) is 21.6. The lowest BCUT2D eigenvalue weighted by Gasteiger charge is -2.18. The fraction of sp³-hybridized carbons (Fsp3) is 0.333. The van der Waals surface area contributed by atoms with Gasteiger partial charge >= 0.3 is 5.97 Å². The van der Waals surface area contributed by atoms with E-state index in [2.05, 4.69) is 18.7 Å². The molecule has 0 N–H and O–H groups in total. The van der Waals surface area contributed by atoms with Gasteiger partial charge in [-0.25, -0.2) is 0 Å². The minimum Gasteiger partial charge on any atom is -0.492 e. The fourth-order valence-corrected chi connectivity index (χ4v) is 3.35. The van der Waals surface area contributed by atoms with Gasteiger partial charge in [0.05, 0.1) is 12.7 Å². The third kappa shape index (κ3) is 4.89. The topological polar surface area (TPSA) is 69.0 Å². The largest absolute Gasteiger partial charge is 0.492 e. The predicted octanol–water partition coefficient (Wildman–Crippen LogP) is 4.10. The Kier molecular flexibility index (Phi) is 7.25. The van der Waals surface area contributed by atoms with Crippen LogP contribution < -0.4 is 4.74 Å². The summed E-state index contributed by atoms with van der Waals surface area (Å²) in [5, 5.41) is 0.681. The van der Waals surface area contributed by atoms with Gasteiger partial charge in [-0.2, -0.15) is 0 Å². The number of benzene rings is 2. The molecule has 2 aromatic carbocycles. The zero-order valence-corrected chi connectivity index (χ0v) is 17.6. The molecule has 0 bridgehead atoms. The highest BCUT2D eigenvalue weighted by molar-refractivity contribution is 6.17. The van der Waals surface area contributed by atoms with Gasteiger partial charge in [0.2, 0.25) is 0 Å². The summed E-state index contributed by atoms with van der Waals surface area (Å²) in [5.41, 5.74) is 1.46. The van der Waals surface area contributed by atoms with Crippen molar-refractivity contribution in [3.63, 3.8) is 0 Å². The van der Waals surface area contributed by atoms with Gasteiger partial charge in [0.1, 0.15) is 30.1 Å². The van der Waals surface area contributed by atoms with Crippen molar-refractivity contribution in [3.8, 4) is 5.75 Å². The summed E-state index contributed by atoms with van der Waals surface area (Å²) in [4.78, 5) is 27.3. The van der Waals surface area contributed by atoms with E-state index < -0.39 is 5.97 Å². The van der Waals surface area contributed by atoms with Crippen molar-refractivity contribution in [1.82, 2.24) is 4.90 Å². The fourth-order valence-electron chi connectivity index (χ4n) is 3.35. The van der Waals surface area contributed by atoms with Gasteiger partial charge in [0.25, 0.3) is 0 Å². The third-order valence-corrected chi connectivity index (χ3v) is 5.12. The number of ether oxygens (including phenoxy) is 2. The number of likely N-dealkylation sites (N-methyl/N-ethyl adjacent to an activating group) is 1. The molecule has 0 saturated heterocycles. The molecule has 6 nitrogen and oxygen atoms in total. The van der Waals surface area contributed by atoms with Gasteiger partial charge in [-0.15, -0.1) is 0 Å². The van der Waals surface area contributed by atoms with E-state index in [0.717, 1.165) is 19.6 Å². The summed E-state index contributed by atoms with van der Waals surface area (Å²) in [5.74, 6) is 0.367. The van der Waals surface area contributed by atoms with Gasteiger partial charge in [0, 0.05) is 17.5 Å². The number of ketones is 1. The molecule has 0 spiro atoms. The molecular formula is C24H27NO5. The minimum atomic E-state index is -0.458. The molecular weight excluding hydrogens is 382 g/mol. The van der Waals surface area contributed by atoms with Crippen LogP contribution in [-0.2, 0) is 16.0 Å². The van der Waals surface area contributed by atoms with Crippen molar-refractivity contribution >= 4 is 22.7 Å². The molecule has 30 heavy (non-hydrogen) atoms. The maximum atomic E-state index is 13.2. The summed E-state index contributed by atoms with van der Waals surface area (Å²) < 4.78 is 16.3. The Hall–Kier alpha value is -3.12. The molecule has 158 valence electrons. The molecule has 1 aromatic heterocycles. The summed E-state index contributed by atoms with van der Waals surface area (Å²) in [7, 11) is 1.31. The highest BCUT2D eigenvalue weighted by Crippen LogP contribution is 2.29. The Morgan fingerprint density at radius 1 is 1.00 bits per heavy atom. The van der Waals surface area contributed by atoms with Crippen LogP contribution in [0.25, 0.3) is 11.0 Å². The lowest BCUT2D eigenvalue weighted by Crippen LogP contribution is -2.27. The van der Waals surface area contributed by atoms with Crippen LogP contribution in [0.3, 0.4) is 0 Å². The number of carbonyl (C=O) groups excluding carboxylic acids is 2. The number of fused-ring (bicyclic) bond motifs is 1. The van der Waals surface area contributed by atoms with E-state index in [1.807, 2.05) is 18.2 Å². The molecule has 0 aliphatic carbocycles. The highest BCUT2D eigenvalue weighted by Gasteiger charge is 2.23. The smallest absolute Gasteiger partial charge is 0.313 e. The summed E-state index contributed by atoms with van der Waals surface area (Å²) >= 11 is 0. The first-order chi connectivity index (χ1) is 14.6. The van der Waals surface area contributed by atoms with E-state index in [1.165, 1.54) is 7.11 Å². The molecule has 0 fully saturated rings. The van der Waals surface area contributed by atoms with E-state index >= 15 is 0 Å². The number of esters is 1. The van der Waals surface area contributed by atoms with Crippen LogP contribution in [0.2, 0.25) is 0 Å². The van der Waals surface area contributed by atoms with Gasteiger partial charge < -0.3 is 18.8 Å². The van der Waals surface area contributed by atoms with E-state index in [-0.39, 0.29) is 12.2 Å². The van der Waals surface area contributed by atoms with E-state index in [1.54, 1.807) is 30.3 Å². The van der Waals surface area contributed by atoms with Crippen molar-refractivity contribution < 1.29 is 23.5 Å². The van der Waals surface area contributed by atoms with Crippen LogP contribution in [0.1, 0.15) is 35.5 Å². The summed E-state index contributed by atoms with van der Waals surface area (Å²) in [6, 6.07) is 14.3. The standard InChI is InChI=1S/C24H27NO5/c1-4-25(5-2)14-15-29-18-12-10-17(11-13-18)24(27)23-19-8-6-7-9-20(19)30-21(23)16-22(26)28-3/h6-13H,4-5,14-16H2,1-3H3. The number of nitrogens with zero attached hydrogens (tertiary/aromatic N) is 1. The number of hydrogen-bond donors (Lipinski definition) is 0. The number of methoxy groups -OCH3 is 1. The van der Waals surface area contributed by atoms with Crippen LogP contribution in [0, 0.1) is 0 Å².